The predicted molar refractivity (Wildman–Crippen MR) is 94.0 cm³/mol. The summed E-state index contributed by atoms with van der Waals surface area (Å²) in [6, 6.07) is 10.2. The first kappa shape index (κ1) is 16.1. The van der Waals surface area contributed by atoms with Gasteiger partial charge < -0.3 is 15.5 Å². The van der Waals surface area contributed by atoms with Crippen LogP contribution in [0.3, 0.4) is 0 Å². The molecule has 1 aromatic heterocycles. The van der Waals surface area contributed by atoms with E-state index in [0.717, 1.165) is 30.3 Å². The van der Waals surface area contributed by atoms with Gasteiger partial charge in [0.05, 0.1) is 0 Å². The molecule has 0 bridgehead atoms. The second kappa shape index (κ2) is 7.64. The largest absolute Gasteiger partial charge is 0.378 e. The van der Waals surface area contributed by atoms with E-state index in [0.29, 0.717) is 5.92 Å². The highest BCUT2D eigenvalue weighted by Gasteiger charge is 2.01. The second-order valence-corrected chi connectivity index (χ2v) is 5.96. The molecule has 2 aromatic rings. The van der Waals surface area contributed by atoms with Crippen molar-refractivity contribution in [3.8, 4) is 0 Å². The smallest absolute Gasteiger partial charge is 0.135 e. The summed E-state index contributed by atoms with van der Waals surface area (Å²) in [7, 11) is 4.06. The normalized spacial score (nSPS) is 10.6. The van der Waals surface area contributed by atoms with Crippen molar-refractivity contribution in [3.05, 3.63) is 36.7 Å². The first-order valence-electron chi connectivity index (χ1n) is 7.65. The maximum absolute atomic E-state index is 4.26. The summed E-state index contributed by atoms with van der Waals surface area (Å²) in [5.41, 5.74) is 2.18. The molecule has 5 heteroatoms. The Hall–Kier alpha value is -2.30. The van der Waals surface area contributed by atoms with E-state index in [1.165, 1.54) is 5.69 Å². The molecule has 0 atom stereocenters. The van der Waals surface area contributed by atoms with Crippen molar-refractivity contribution in [1.82, 2.24) is 9.97 Å². The summed E-state index contributed by atoms with van der Waals surface area (Å²) < 4.78 is 0. The molecule has 2 N–H and O–H groups in total. The van der Waals surface area contributed by atoms with E-state index in [9.17, 15) is 0 Å². The number of nitrogens with zero attached hydrogens (tertiary/aromatic N) is 3. The van der Waals surface area contributed by atoms with Crippen LogP contribution < -0.4 is 15.5 Å². The van der Waals surface area contributed by atoms with Gasteiger partial charge in [-0.2, -0.15) is 0 Å². The Kier molecular flexibility index (Phi) is 5.58. The molecule has 0 saturated carbocycles. The van der Waals surface area contributed by atoms with Crippen molar-refractivity contribution in [3.63, 3.8) is 0 Å². The van der Waals surface area contributed by atoms with Crippen LogP contribution in [0.2, 0.25) is 0 Å². The molecular formula is C17H25N5. The Labute approximate surface area is 132 Å². The quantitative estimate of drug-likeness (QED) is 0.815. The highest BCUT2D eigenvalue weighted by atomic mass is 15.1. The van der Waals surface area contributed by atoms with Gasteiger partial charge in [0, 0.05) is 38.1 Å². The zero-order chi connectivity index (χ0) is 15.9. The van der Waals surface area contributed by atoms with E-state index in [-0.39, 0.29) is 0 Å². The molecule has 118 valence electrons. The summed E-state index contributed by atoms with van der Waals surface area (Å²) in [5, 5.41) is 6.63. The Morgan fingerprint density at radius 3 is 2.36 bits per heavy atom. The Bertz CT molecular complexity index is 578. The number of benzene rings is 1. The monoisotopic (exact) mass is 299 g/mol. The third kappa shape index (κ3) is 4.91. The Balaban J connectivity index is 1.97. The minimum atomic E-state index is 0.683. The molecule has 0 fully saturated rings. The summed E-state index contributed by atoms with van der Waals surface area (Å²) in [4.78, 5) is 10.6. The molecule has 0 spiro atoms. The van der Waals surface area contributed by atoms with Gasteiger partial charge in [0.25, 0.3) is 0 Å². The third-order valence-corrected chi connectivity index (χ3v) is 3.35. The first-order valence-corrected chi connectivity index (χ1v) is 7.65. The average molecular weight is 299 g/mol. The Morgan fingerprint density at radius 2 is 1.73 bits per heavy atom. The van der Waals surface area contributed by atoms with Crippen LogP contribution >= 0.6 is 0 Å². The molecule has 0 unspecified atom stereocenters. The molecule has 5 nitrogen and oxygen atoms in total. The lowest BCUT2D eigenvalue weighted by Gasteiger charge is -2.13. The maximum atomic E-state index is 4.26. The van der Waals surface area contributed by atoms with Gasteiger partial charge in [-0.3, -0.25) is 0 Å². The summed E-state index contributed by atoms with van der Waals surface area (Å²) >= 11 is 0. The van der Waals surface area contributed by atoms with E-state index < -0.39 is 0 Å². The van der Waals surface area contributed by atoms with Crippen LogP contribution in [0, 0.1) is 5.92 Å². The topological polar surface area (TPSA) is 53.1 Å². The lowest BCUT2D eigenvalue weighted by atomic mass is 10.1. The van der Waals surface area contributed by atoms with Crippen LogP contribution in [0.1, 0.15) is 20.3 Å². The number of rotatable bonds is 7. The lowest BCUT2D eigenvalue weighted by Crippen LogP contribution is -2.08. The van der Waals surface area contributed by atoms with Crippen LogP contribution in [-0.4, -0.2) is 30.6 Å². The summed E-state index contributed by atoms with van der Waals surface area (Å²) in [6.07, 6.45) is 2.70. The molecule has 0 aliphatic rings. The molecule has 22 heavy (non-hydrogen) atoms. The van der Waals surface area contributed by atoms with Crippen LogP contribution in [0.4, 0.5) is 23.0 Å². The van der Waals surface area contributed by atoms with Gasteiger partial charge >= 0.3 is 0 Å². The lowest BCUT2D eigenvalue weighted by molar-refractivity contribution is 0.606. The molecule has 0 aliphatic heterocycles. The van der Waals surface area contributed by atoms with Gasteiger partial charge in [-0.1, -0.05) is 13.8 Å². The molecular weight excluding hydrogens is 274 g/mol. The number of aromatic nitrogens is 2. The van der Waals surface area contributed by atoms with Crippen molar-refractivity contribution >= 4 is 23.0 Å². The first-order chi connectivity index (χ1) is 10.5. The highest BCUT2D eigenvalue weighted by molar-refractivity contribution is 5.62. The van der Waals surface area contributed by atoms with Gasteiger partial charge in [0.1, 0.15) is 18.0 Å². The zero-order valence-electron chi connectivity index (χ0n) is 13.8. The minimum absolute atomic E-state index is 0.683. The number of nitrogens with one attached hydrogen (secondary N) is 2. The van der Waals surface area contributed by atoms with Crippen molar-refractivity contribution in [1.29, 1.82) is 0 Å². The van der Waals surface area contributed by atoms with Crippen molar-refractivity contribution in [2.45, 2.75) is 20.3 Å². The van der Waals surface area contributed by atoms with Gasteiger partial charge in [0.2, 0.25) is 0 Å². The molecule has 0 amide bonds. The standard InChI is InChI=1S/C17H25N5/c1-13(2)9-10-18-16-11-17(20-12-19-16)21-14-5-7-15(8-6-14)22(3)4/h5-8,11-13H,9-10H2,1-4H3,(H2,18,19,20,21). The molecule has 0 aliphatic carbocycles. The zero-order valence-corrected chi connectivity index (χ0v) is 13.8. The van der Waals surface area contributed by atoms with E-state index in [4.69, 9.17) is 0 Å². The average Bonchev–Trinajstić information content (AvgIpc) is 2.48. The SMILES string of the molecule is CC(C)CCNc1cc(Nc2ccc(N(C)C)cc2)ncn1. The fraction of sp³-hybridized carbons (Fsp3) is 0.412. The van der Waals surface area contributed by atoms with Crippen LogP contribution in [0.15, 0.2) is 36.7 Å². The molecule has 1 heterocycles. The van der Waals surface area contributed by atoms with Gasteiger partial charge in [-0.05, 0) is 36.6 Å². The summed E-state index contributed by atoms with van der Waals surface area (Å²) in [6.45, 7) is 5.35. The maximum Gasteiger partial charge on any atom is 0.135 e. The van der Waals surface area contributed by atoms with E-state index in [1.807, 2.05) is 32.3 Å². The van der Waals surface area contributed by atoms with Crippen molar-refractivity contribution in [2.75, 3.05) is 36.2 Å². The van der Waals surface area contributed by atoms with Crippen LogP contribution in [-0.2, 0) is 0 Å². The van der Waals surface area contributed by atoms with E-state index >= 15 is 0 Å². The van der Waals surface area contributed by atoms with Crippen LogP contribution in [0.25, 0.3) is 0 Å². The van der Waals surface area contributed by atoms with Crippen molar-refractivity contribution < 1.29 is 0 Å². The molecule has 0 radical (unpaired) electrons. The minimum Gasteiger partial charge on any atom is -0.378 e. The molecule has 1 aromatic carbocycles. The molecule has 0 saturated heterocycles. The van der Waals surface area contributed by atoms with Gasteiger partial charge in [0.15, 0.2) is 0 Å². The second-order valence-electron chi connectivity index (χ2n) is 5.96. The number of hydrogen-bond donors (Lipinski definition) is 2. The highest BCUT2D eigenvalue weighted by Crippen LogP contribution is 2.19. The third-order valence-electron chi connectivity index (χ3n) is 3.35. The Morgan fingerprint density at radius 1 is 1.05 bits per heavy atom. The number of hydrogen-bond acceptors (Lipinski definition) is 5. The molecule has 2 rings (SSSR count). The predicted octanol–water partition coefficient (Wildman–Crippen LogP) is 3.74. The summed E-state index contributed by atoms with van der Waals surface area (Å²) in [5.74, 6) is 2.32. The van der Waals surface area contributed by atoms with E-state index in [2.05, 4.69) is 51.5 Å². The number of anilines is 4. The fourth-order valence-corrected chi connectivity index (χ4v) is 2.00. The van der Waals surface area contributed by atoms with Gasteiger partial charge in [-0.25, -0.2) is 9.97 Å². The fourth-order valence-electron chi connectivity index (χ4n) is 2.00. The van der Waals surface area contributed by atoms with E-state index in [1.54, 1.807) is 6.33 Å². The van der Waals surface area contributed by atoms with Gasteiger partial charge in [-0.15, -0.1) is 0 Å². The van der Waals surface area contributed by atoms with Crippen molar-refractivity contribution in [2.24, 2.45) is 5.92 Å². The van der Waals surface area contributed by atoms with Crippen LogP contribution in [0.5, 0.6) is 0 Å².